The van der Waals surface area contributed by atoms with Crippen LogP contribution in [0.5, 0.6) is 0 Å². The highest BCUT2D eigenvalue weighted by Crippen LogP contribution is 2.42. The largest absolute Gasteiger partial charge is 0.418 e. The SMILES string of the molecule is NC(N)=NC1CC(c2cc([C@@H]3CC[C@@H]4CN3C(=O)N4OS(=O)(=O)O)no2)C1. The predicted molar refractivity (Wildman–Crippen MR) is 90.4 cm³/mol. The molecule has 27 heavy (non-hydrogen) atoms. The number of amides is 2. The van der Waals surface area contributed by atoms with E-state index in [0.717, 1.165) is 12.8 Å². The Morgan fingerprint density at radius 1 is 1.37 bits per heavy atom. The van der Waals surface area contributed by atoms with Crippen LogP contribution in [-0.4, -0.2) is 58.7 Å². The van der Waals surface area contributed by atoms with E-state index in [1.54, 1.807) is 0 Å². The highest BCUT2D eigenvalue weighted by atomic mass is 32.3. The van der Waals surface area contributed by atoms with Crippen molar-refractivity contribution in [2.24, 2.45) is 16.5 Å². The van der Waals surface area contributed by atoms with E-state index in [4.69, 9.17) is 20.5 Å². The molecule has 1 saturated carbocycles. The maximum absolute atomic E-state index is 12.5. The minimum atomic E-state index is -4.76. The van der Waals surface area contributed by atoms with Crippen LogP contribution in [0, 0.1) is 0 Å². The highest BCUT2D eigenvalue weighted by Gasteiger charge is 2.48. The Balaban J connectivity index is 1.44. The number of hydrogen-bond donors (Lipinski definition) is 3. The molecule has 1 aliphatic carbocycles. The Bertz CT molecular complexity index is 874. The molecule has 5 N–H and O–H groups in total. The van der Waals surface area contributed by atoms with Crippen LogP contribution in [0.4, 0.5) is 4.79 Å². The summed E-state index contributed by atoms with van der Waals surface area (Å²) in [7, 11) is -4.76. The van der Waals surface area contributed by atoms with Crippen molar-refractivity contribution in [1.29, 1.82) is 0 Å². The maximum atomic E-state index is 12.5. The molecule has 3 fully saturated rings. The van der Waals surface area contributed by atoms with Crippen molar-refractivity contribution < 1.29 is 26.6 Å². The fourth-order valence-corrected chi connectivity index (χ4v) is 4.32. The molecule has 1 aromatic rings. The number of piperidine rings is 1. The van der Waals surface area contributed by atoms with Crippen molar-refractivity contribution in [2.45, 2.75) is 49.7 Å². The second-order valence-electron chi connectivity index (χ2n) is 7.04. The van der Waals surface area contributed by atoms with Crippen LogP contribution in [0.1, 0.15) is 49.1 Å². The second-order valence-corrected chi connectivity index (χ2v) is 8.04. The lowest BCUT2D eigenvalue weighted by atomic mass is 9.79. The van der Waals surface area contributed by atoms with Gasteiger partial charge in [0.1, 0.15) is 11.5 Å². The molecule has 1 aromatic heterocycles. The molecular formula is C14H20N6O6S. The molecule has 3 aliphatic rings. The quantitative estimate of drug-likeness (QED) is 0.345. The number of aliphatic imine (C=N–C) groups is 1. The number of aromatic nitrogens is 1. The standard InChI is InChI=1S/C14H20N6O6S/c15-13(16)17-8-3-7(4-8)12-5-10(18-25-12)11-2-1-9-6-19(11)14(21)20(9)26-27(22,23)24/h5,7-9,11H,1-4,6H2,(H4,15,16,17)(H,22,23,24)/t7?,8?,9-,11+/m1/s1. The van der Waals surface area contributed by atoms with Gasteiger partial charge >= 0.3 is 16.4 Å². The van der Waals surface area contributed by atoms with Crippen molar-refractivity contribution in [1.82, 2.24) is 15.1 Å². The Morgan fingerprint density at radius 2 is 2.11 bits per heavy atom. The van der Waals surface area contributed by atoms with Gasteiger partial charge in [0.05, 0.1) is 18.1 Å². The molecule has 3 heterocycles. The van der Waals surface area contributed by atoms with Gasteiger partial charge in [-0.1, -0.05) is 5.16 Å². The molecule has 13 heteroatoms. The van der Waals surface area contributed by atoms with Gasteiger partial charge in [0.25, 0.3) is 0 Å². The number of carbonyl (C=O) groups is 1. The summed E-state index contributed by atoms with van der Waals surface area (Å²) >= 11 is 0. The van der Waals surface area contributed by atoms with Crippen molar-refractivity contribution in [2.75, 3.05) is 6.54 Å². The predicted octanol–water partition coefficient (Wildman–Crippen LogP) is -0.130. The number of urea groups is 1. The van der Waals surface area contributed by atoms with E-state index in [0.29, 0.717) is 29.4 Å². The molecule has 148 valence electrons. The summed E-state index contributed by atoms with van der Waals surface area (Å²) in [6.45, 7) is 0.289. The van der Waals surface area contributed by atoms with Gasteiger partial charge in [-0.15, -0.1) is 4.28 Å². The number of hydroxylamine groups is 2. The summed E-state index contributed by atoms with van der Waals surface area (Å²) in [5.74, 6) is 0.953. The summed E-state index contributed by atoms with van der Waals surface area (Å²) in [4.78, 5) is 18.0. The number of hydrogen-bond acceptors (Lipinski definition) is 7. The molecule has 2 aliphatic heterocycles. The van der Waals surface area contributed by atoms with Crippen molar-refractivity contribution in [3.63, 3.8) is 0 Å². The lowest BCUT2D eigenvalue weighted by molar-refractivity contribution is -0.0317. The first-order valence-corrected chi connectivity index (χ1v) is 9.90. The highest BCUT2D eigenvalue weighted by molar-refractivity contribution is 7.80. The Morgan fingerprint density at radius 3 is 2.78 bits per heavy atom. The number of rotatable bonds is 5. The van der Waals surface area contributed by atoms with Crippen LogP contribution in [0.2, 0.25) is 0 Å². The van der Waals surface area contributed by atoms with E-state index >= 15 is 0 Å². The number of nitrogens with zero attached hydrogens (tertiary/aromatic N) is 4. The molecule has 0 radical (unpaired) electrons. The summed E-state index contributed by atoms with van der Waals surface area (Å²) in [5, 5.41) is 4.81. The zero-order valence-electron chi connectivity index (χ0n) is 14.3. The summed E-state index contributed by atoms with van der Waals surface area (Å²) < 4.78 is 40.6. The van der Waals surface area contributed by atoms with Crippen LogP contribution in [0.25, 0.3) is 0 Å². The minimum absolute atomic E-state index is 0.0673. The zero-order chi connectivity index (χ0) is 19.3. The molecule has 0 aromatic carbocycles. The molecule has 0 spiro atoms. The Kier molecular flexibility index (Phi) is 4.24. The average molecular weight is 400 g/mol. The molecule has 2 bridgehead atoms. The van der Waals surface area contributed by atoms with E-state index in [1.807, 2.05) is 6.07 Å². The molecule has 12 nitrogen and oxygen atoms in total. The van der Waals surface area contributed by atoms with E-state index in [2.05, 4.69) is 14.4 Å². The third-order valence-electron chi connectivity index (χ3n) is 5.23. The summed E-state index contributed by atoms with van der Waals surface area (Å²) in [6, 6.07) is 0.501. The second kappa shape index (κ2) is 6.35. The molecule has 2 saturated heterocycles. The fourth-order valence-electron chi connectivity index (χ4n) is 3.93. The van der Waals surface area contributed by atoms with Gasteiger partial charge in [-0.25, -0.2) is 4.79 Å². The Labute approximate surface area is 155 Å². The van der Waals surface area contributed by atoms with Gasteiger partial charge < -0.3 is 20.9 Å². The minimum Gasteiger partial charge on any atom is -0.370 e. The van der Waals surface area contributed by atoms with Gasteiger partial charge in [-0.3, -0.25) is 9.55 Å². The van der Waals surface area contributed by atoms with Crippen molar-refractivity contribution in [3.05, 3.63) is 17.5 Å². The fraction of sp³-hybridized carbons (Fsp3) is 0.643. The van der Waals surface area contributed by atoms with Crippen molar-refractivity contribution >= 4 is 22.4 Å². The van der Waals surface area contributed by atoms with E-state index in [9.17, 15) is 13.2 Å². The van der Waals surface area contributed by atoms with E-state index in [-0.39, 0.29) is 30.5 Å². The average Bonchev–Trinajstić information content (AvgIpc) is 3.10. The van der Waals surface area contributed by atoms with E-state index in [1.165, 1.54) is 4.90 Å². The lowest BCUT2D eigenvalue weighted by Gasteiger charge is -2.30. The van der Waals surface area contributed by atoms with Crippen molar-refractivity contribution in [3.8, 4) is 0 Å². The maximum Gasteiger partial charge on any atom is 0.418 e. The smallest absolute Gasteiger partial charge is 0.370 e. The van der Waals surface area contributed by atoms with Crippen LogP contribution in [0.3, 0.4) is 0 Å². The summed E-state index contributed by atoms with van der Waals surface area (Å²) in [6.07, 6.45) is 2.62. The third kappa shape index (κ3) is 3.44. The molecule has 2 atom stereocenters. The number of carbonyl (C=O) groups excluding carboxylic acids is 1. The molecule has 4 rings (SSSR count). The van der Waals surface area contributed by atoms with Crippen LogP contribution in [-0.2, 0) is 14.7 Å². The van der Waals surface area contributed by atoms with Crippen LogP contribution < -0.4 is 11.5 Å². The topological polar surface area (TPSA) is 178 Å². The Hall–Kier alpha value is -2.38. The van der Waals surface area contributed by atoms with Gasteiger partial charge in [-0.05, 0) is 25.7 Å². The van der Waals surface area contributed by atoms with Crippen LogP contribution >= 0.6 is 0 Å². The van der Waals surface area contributed by atoms with Gasteiger partial charge in [0, 0.05) is 18.5 Å². The number of guanidine groups is 1. The lowest BCUT2D eigenvalue weighted by Crippen LogP contribution is -2.35. The zero-order valence-corrected chi connectivity index (χ0v) is 15.1. The van der Waals surface area contributed by atoms with Gasteiger partial charge in [0.2, 0.25) is 0 Å². The molecule has 2 amide bonds. The van der Waals surface area contributed by atoms with Crippen LogP contribution in [0.15, 0.2) is 15.6 Å². The molecule has 0 unspecified atom stereocenters. The van der Waals surface area contributed by atoms with Gasteiger partial charge in [0.15, 0.2) is 5.96 Å². The molecular weight excluding hydrogens is 380 g/mol. The number of nitrogens with two attached hydrogens (primary N) is 2. The normalized spacial score (nSPS) is 30.3. The number of fused-ring (bicyclic) bond motifs is 2. The first-order chi connectivity index (χ1) is 12.7. The van der Waals surface area contributed by atoms with E-state index < -0.39 is 22.5 Å². The first-order valence-electron chi connectivity index (χ1n) is 8.53. The summed E-state index contributed by atoms with van der Waals surface area (Å²) in [5.41, 5.74) is 11.4. The third-order valence-corrected chi connectivity index (χ3v) is 5.58. The first kappa shape index (κ1) is 18.0. The monoisotopic (exact) mass is 400 g/mol. The van der Waals surface area contributed by atoms with Gasteiger partial charge in [-0.2, -0.15) is 13.5 Å².